The number of anilines is 1. The monoisotopic (exact) mass is 674 g/mol. The van der Waals surface area contributed by atoms with Gasteiger partial charge in [0.1, 0.15) is 24.1 Å². The number of hydrogen-bond acceptors (Lipinski definition) is 8. The van der Waals surface area contributed by atoms with Crippen LogP contribution in [-0.4, -0.2) is 62.4 Å². The molecule has 0 radical (unpaired) electrons. The van der Waals surface area contributed by atoms with Gasteiger partial charge in [0, 0.05) is 28.7 Å². The fraction of sp³-hybridized carbons (Fsp3) is 0.375. The van der Waals surface area contributed by atoms with Gasteiger partial charge in [-0.2, -0.15) is 0 Å². The van der Waals surface area contributed by atoms with E-state index in [0.29, 0.717) is 11.3 Å². The average molecular weight is 675 g/mol. The Hall–Kier alpha value is -4.36. The predicted molar refractivity (Wildman–Crippen MR) is 176 cm³/mol. The van der Waals surface area contributed by atoms with Crippen LogP contribution in [0, 0.1) is 17.0 Å². The first-order valence-corrected chi connectivity index (χ1v) is 16.2. The number of amides is 2. The molecule has 0 aromatic heterocycles. The maximum Gasteiger partial charge on any atom is 0.273 e. The Labute approximate surface area is 274 Å². The van der Waals surface area contributed by atoms with Gasteiger partial charge in [-0.15, -0.1) is 0 Å². The highest BCUT2D eigenvalue weighted by Crippen LogP contribution is 2.36. The van der Waals surface area contributed by atoms with Gasteiger partial charge in [0.05, 0.1) is 29.7 Å². The molecule has 0 fully saturated rings. The summed E-state index contributed by atoms with van der Waals surface area (Å²) in [6, 6.07) is 13.7. The van der Waals surface area contributed by atoms with E-state index in [1.165, 1.54) is 56.4 Å². The number of nitro groups is 1. The highest BCUT2D eigenvalue weighted by Gasteiger charge is 2.36. The van der Waals surface area contributed by atoms with Crippen LogP contribution in [0.25, 0.3) is 0 Å². The third-order valence-electron chi connectivity index (χ3n) is 7.05. The van der Waals surface area contributed by atoms with Gasteiger partial charge in [0.25, 0.3) is 15.7 Å². The minimum absolute atomic E-state index is 0.0323. The second-order valence-electron chi connectivity index (χ2n) is 11.6. The average Bonchev–Trinajstić information content (AvgIpc) is 2.98. The van der Waals surface area contributed by atoms with Crippen LogP contribution in [0.2, 0.25) is 5.02 Å². The summed E-state index contributed by atoms with van der Waals surface area (Å²) >= 11 is 6.28. The maximum absolute atomic E-state index is 14.3. The normalized spacial score (nSPS) is 12.2. The second kappa shape index (κ2) is 14.8. The van der Waals surface area contributed by atoms with Gasteiger partial charge in [-0.1, -0.05) is 36.7 Å². The SMILES string of the molecule is CCC(C(=O)NC(C)(C)C)N(Cc1ccc(OC)cc1)C(=O)CN(c1cc(Cl)ccc1OC)S(=O)(=O)c1ccc(C)c([N+](=O)[O-])c1. The minimum atomic E-state index is -4.64. The molecule has 3 aromatic carbocycles. The Morgan fingerprint density at radius 3 is 2.22 bits per heavy atom. The Balaban J connectivity index is 2.19. The molecule has 1 atom stereocenters. The number of rotatable bonds is 13. The van der Waals surface area contributed by atoms with Gasteiger partial charge in [0.15, 0.2) is 0 Å². The first-order chi connectivity index (χ1) is 21.5. The van der Waals surface area contributed by atoms with Gasteiger partial charge >= 0.3 is 0 Å². The van der Waals surface area contributed by atoms with E-state index in [1.807, 2.05) is 20.8 Å². The first kappa shape index (κ1) is 36.1. The Kier molecular flexibility index (Phi) is 11.6. The zero-order valence-corrected chi connectivity index (χ0v) is 28.4. The summed E-state index contributed by atoms with van der Waals surface area (Å²) in [6.45, 7) is 7.86. The van der Waals surface area contributed by atoms with Crippen molar-refractivity contribution in [3.8, 4) is 11.5 Å². The van der Waals surface area contributed by atoms with E-state index in [9.17, 15) is 28.1 Å². The topological polar surface area (TPSA) is 148 Å². The summed E-state index contributed by atoms with van der Waals surface area (Å²) in [5.74, 6) is -0.446. The number of nitrogens with one attached hydrogen (secondary N) is 1. The molecule has 46 heavy (non-hydrogen) atoms. The third kappa shape index (κ3) is 8.67. The number of halogens is 1. The lowest BCUT2D eigenvalue weighted by molar-refractivity contribution is -0.385. The first-order valence-electron chi connectivity index (χ1n) is 14.4. The van der Waals surface area contributed by atoms with Crippen molar-refractivity contribution in [2.45, 2.75) is 64.1 Å². The molecule has 248 valence electrons. The molecule has 0 saturated heterocycles. The molecule has 1 unspecified atom stereocenters. The zero-order valence-electron chi connectivity index (χ0n) is 26.9. The van der Waals surface area contributed by atoms with Crippen LogP contribution in [0.5, 0.6) is 11.5 Å². The van der Waals surface area contributed by atoms with Gasteiger partial charge in [-0.05, 0) is 76.1 Å². The molecule has 0 bridgehead atoms. The number of ether oxygens (including phenoxy) is 2. The molecule has 0 spiro atoms. The molecule has 0 aliphatic rings. The zero-order chi connectivity index (χ0) is 34.4. The molecule has 0 heterocycles. The maximum atomic E-state index is 14.3. The van der Waals surface area contributed by atoms with Crippen LogP contribution in [-0.2, 0) is 26.2 Å². The molecule has 12 nitrogen and oxygen atoms in total. The second-order valence-corrected chi connectivity index (χ2v) is 13.9. The molecule has 3 aromatic rings. The van der Waals surface area contributed by atoms with Crippen LogP contribution in [0.1, 0.15) is 45.2 Å². The van der Waals surface area contributed by atoms with Gasteiger partial charge < -0.3 is 19.7 Å². The largest absolute Gasteiger partial charge is 0.497 e. The number of hydrogen-bond donors (Lipinski definition) is 1. The molecular weight excluding hydrogens is 636 g/mol. The van der Waals surface area contributed by atoms with Crippen molar-refractivity contribution in [3.05, 3.63) is 86.9 Å². The molecule has 3 rings (SSSR count). The minimum Gasteiger partial charge on any atom is -0.497 e. The van der Waals surface area contributed by atoms with E-state index in [2.05, 4.69) is 5.32 Å². The number of sulfonamides is 1. The Bertz CT molecular complexity index is 1690. The van der Waals surface area contributed by atoms with Crippen LogP contribution >= 0.6 is 11.6 Å². The quantitative estimate of drug-likeness (QED) is 0.185. The van der Waals surface area contributed by atoms with Crippen molar-refractivity contribution >= 4 is 44.8 Å². The standard InChI is InChI=1S/C32H39ClN4O8S/c1-8-26(31(39)34-32(3,4)5)35(19-22-10-13-24(44-6)14-11-22)30(38)20-36(28-17-23(33)12-16-29(28)45-7)46(42,43)25-15-9-21(2)27(18-25)37(40)41/h9-18,26H,8,19-20H2,1-7H3,(H,34,39). The van der Waals surface area contributed by atoms with E-state index in [4.69, 9.17) is 21.1 Å². The molecular formula is C32H39ClN4O8S. The molecule has 0 aliphatic carbocycles. The summed E-state index contributed by atoms with van der Waals surface area (Å²) in [5.41, 5.74) is -0.156. The lowest BCUT2D eigenvalue weighted by Crippen LogP contribution is -2.55. The number of benzene rings is 3. The van der Waals surface area contributed by atoms with Crippen molar-refractivity contribution in [1.29, 1.82) is 0 Å². The molecule has 0 aliphatic heterocycles. The summed E-state index contributed by atoms with van der Waals surface area (Å²) in [7, 11) is -1.79. The van der Waals surface area contributed by atoms with E-state index in [0.717, 1.165) is 10.4 Å². The molecule has 0 saturated carbocycles. The number of carbonyl (C=O) groups is 2. The summed E-state index contributed by atoms with van der Waals surface area (Å²) in [5, 5.41) is 14.8. The highest BCUT2D eigenvalue weighted by atomic mass is 35.5. The summed E-state index contributed by atoms with van der Waals surface area (Å²) in [4.78, 5) is 39.8. The number of carbonyl (C=O) groups excluding carboxylic acids is 2. The Morgan fingerprint density at radius 2 is 1.67 bits per heavy atom. The van der Waals surface area contributed by atoms with Gasteiger partial charge in [-0.25, -0.2) is 8.42 Å². The number of nitrogens with zero attached hydrogens (tertiary/aromatic N) is 3. The van der Waals surface area contributed by atoms with Gasteiger partial charge in [0.2, 0.25) is 11.8 Å². The lowest BCUT2D eigenvalue weighted by Gasteiger charge is -2.35. The van der Waals surface area contributed by atoms with Crippen LogP contribution in [0.3, 0.4) is 0 Å². The molecule has 1 N–H and O–H groups in total. The van der Waals surface area contributed by atoms with Crippen LogP contribution in [0.15, 0.2) is 65.6 Å². The fourth-order valence-corrected chi connectivity index (χ4v) is 6.35. The number of nitro benzene ring substituents is 1. The third-order valence-corrected chi connectivity index (χ3v) is 9.04. The van der Waals surface area contributed by atoms with Crippen molar-refractivity contribution in [1.82, 2.24) is 10.2 Å². The van der Waals surface area contributed by atoms with E-state index < -0.39 is 55.5 Å². The van der Waals surface area contributed by atoms with E-state index in [1.54, 1.807) is 31.2 Å². The van der Waals surface area contributed by atoms with Crippen molar-refractivity contribution in [2.75, 3.05) is 25.1 Å². The Morgan fingerprint density at radius 1 is 1.02 bits per heavy atom. The molecule has 14 heteroatoms. The fourth-order valence-electron chi connectivity index (χ4n) is 4.74. The van der Waals surface area contributed by atoms with Crippen molar-refractivity contribution < 1.29 is 32.4 Å². The van der Waals surface area contributed by atoms with Crippen LogP contribution < -0.4 is 19.1 Å². The van der Waals surface area contributed by atoms with Crippen molar-refractivity contribution in [2.24, 2.45) is 0 Å². The lowest BCUT2D eigenvalue weighted by atomic mass is 10.1. The summed E-state index contributed by atoms with van der Waals surface area (Å²) < 4.78 is 40.1. The summed E-state index contributed by atoms with van der Waals surface area (Å²) in [6.07, 6.45) is 0.223. The van der Waals surface area contributed by atoms with E-state index in [-0.39, 0.29) is 35.0 Å². The number of methoxy groups -OCH3 is 2. The smallest absolute Gasteiger partial charge is 0.273 e. The predicted octanol–water partition coefficient (Wildman–Crippen LogP) is 5.49. The van der Waals surface area contributed by atoms with Gasteiger partial charge in [-0.3, -0.25) is 24.0 Å². The highest BCUT2D eigenvalue weighted by molar-refractivity contribution is 7.92. The van der Waals surface area contributed by atoms with Crippen LogP contribution in [0.4, 0.5) is 11.4 Å². The van der Waals surface area contributed by atoms with E-state index >= 15 is 0 Å². The van der Waals surface area contributed by atoms with Crippen molar-refractivity contribution in [3.63, 3.8) is 0 Å². The molecule has 2 amide bonds. The number of aryl methyl sites for hydroxylation is 1.